The van der Waals surface area contributed by atoms with Gasteiger partial charge >= 0.3 is 0 Å². The second-order valence-corrected chi connectivity index (χ2v) is 8.97. The van der Waals surface area contributed by atoms with E-state index in [9.17, 15) is 9.59 Å². The van der Waals surface area contributed by atoms with Crippen LogP contribution in [0.4, 0.5) is 0 Å². The molecule has 0 unspecified atom stereocenters. The van der Waals surface area contributed by atoms with Crippen LogP contribution in [0.1, 0.15) is 55.3 Å². The summed E-state index contributed by atoms with van der Waals surface area (Å²) in [4.78, 5) is 31.0. The maximum atomic E-state index is 13.6. The predicted molar refractivity (Wildman–Crippen MR) is 106 cm³/mol. The monoisotopic (exact) mass is 382 g/mol. The van der Waals surface area contributed by atoms with Gasteiger partial charge in [0.15, 0.2) is 0 Å². The lowest BCUT2D eigenvalue weighted by Gasteiger charge is -2.38. The first-order chi connectivity index (χ1) is 13.7. The van der Waals surface area contributed by atoms with Crippen LogP contribution in [0.3, 0.4) is 0 Å². The Balaban J connectivity index is 1.39. The lowest BCUT2D eigenvalue weighted by Crippen LogP contribution is -2.54. The molecule has 0 radical (unpaired) electrons. The van der Waals surface area contributed by atoms with E-state index in [0.717, 1.165) is 58.2 Å². The van der Waals surface area contributed by atoms with E-state index in [1.807, 2.05) is 40.1 Å². The van der Waals surface area contributed by atoms with Gasteiger partial charge < -0.3 is 14.5 Å². The van der Waals surface area contributed by atoms with Crippen molar-refractivity contribution in [1.29, 1.82) is 0 Å². The number of rotatable bonds is 2. The molecule has 28 heavy (non-hydrogen) atoms. The van der Waals surface area contributed by atoms with Crippen LogP contribution >= 0.6 is 0 Å². The third kappa shape index (κ3) is 3.14. The minimum Gasteiger partial charge on any atom is -0.378 e. The topological polar surface area (TPSA) is 49.9 Å². The second kappa shape index (κ2) is 7.51. The molecule has 3 heterocycles. The van der Waals surface area contributed by atoms with Gasteiger partial charge in [-0.1, -0.05) is 31.0 Å². The van der Waals surface area contributed by atoms with Crippen molar-refractivity contribution in [1.82, 2.24) is 9.80 Å². The SMILES string of the molecule is O=C([C@@H]1C[C@@H]2CCCC[C@@H]2N1C(=O)c1ccccc1)N1CC[C@H]2OCC[C@H]2C1. The lowest BCUT2D eigenvalue weighted by molar-refractivity contribution is -0.138. The zero-order valence-corrected chi connectivity index (χ0v) is 16.5. The van der Waals surface area contributed by atoms with Gasteiger partial charge in [-0.05, 0) is 50.2 Å². The molecule has 0 aromatic heterocycles. The van der Waals surface area contributed by atoms with E-state index in [0.29, 0.717) is 23.5 Å². The number of likely N-dealkylation sites (tertiary alicyclic amines) is 2. The van der Waals surface area contributed by atoms with E-state index < -0.39 is 0 Å². The fourth-order valence-corrected chi connectivity index (χ4v) is 5.99. The van der Waals surface area contributed by atoms with Crippen LogP contribution in [-0.2, 0) is 9.53 Å². The number of hydrogen-bond donors (Lipinski definition) is 0. The quantitative estimate of drug-likeness (QED) is 0.790. The van der Waals surface area contributed by atoms with Crippen molar-refractivity contribution < 1.29 is 14.3 Å². The Morgan fingerprint density at radius 2 is 1.79 bits per heavy atom. The van der Waals surface area contributed by atoms with Gasteiger partial charge in [-0.15, -0.1) is 0 Å². The number of amides is 2. The Morgan fingerprint density at radius 3 is 2.64 bits per heavy atom. The summed E-state index contributed by atoms with van der Waals surface area (Å²) in [6.45, 7) is 2.38. The smallest absolute Gasteiger partial charge is 0.254 e. The number of benzene rings is 1. The minimum atomic E-state index is -0.292. The van der Waals surface area contributed by atoms with Gasteiger partial charge in [0.05, 0.1) is 6.10 Å². The van der Waals surface area contributed by atoms with Gasteiger partial charge in [0.2, 0.25) is 5.91 Å². The summed E-state index contributed by atoms with van der Waals surface area (Å²) in [6.07, 6.45) is 7.71. The molecule has 1 aromatic rings. The van der Waals surface area contributed by atoms with Crippen molar-refractivity contribution in [3.8, 4) is 0 Å². The summed E-state index contributed by atoms with van der Waals surface area (Å²) in [6, 6.07) is 9.43. The molecule has 150 valence electrons. The van der Waals surface area contributed by atoms with E-state index in [-0.39, 0.29) is 23.9 Å². The van der Waals surface area contributed by atoms with Gasteiger partial charge in [0, 0.05) is 37.2 Å². The maximum absolute atomic E-state index is 13.6. The van der Waals surface area contributed by atoms with Crippen molar-refractivity contribution in [2.45, 2.75) is 63.1 Å². The van der Waals surface area contributed by atoms with Gasteiger partial charge in [-0.25, -0.2) is 0 Å². The van der Waals surface area contributed by atoms with E-state index in [4.69, 9.17) is 4.74 Å². The van der Waals surface area contributed by atoms with Crippen LogP contribution in [0, 0.1) is 11.8 Å². The molecule has 1 aromatic carbocycles. The highest BCUT2D eigenvalue weighted by Crippen LogP contribution is 2.41. The molecule has 0 N–H and O–H groups in total. The molecular weight excluding hydrogens is 352 g/mol. The van der Waals surface area contributed by atoms with Gasteiger partial charge in [-0.2, -0.15) is 0 Å². The molecular formula is C23H30N2O3. The number of nitrogens with zero attached hydrogens (tertiary/aromatic N) is 2. The van der Waals surface area contributed by atoms with Gasteiger partial charge in [0.1, 0.15) is 6.04 Å². The second-order valence-electron chi connectivity index (χ2n) is 8.97. The largest absolute Gasteiger partial charge is 0.378 e. The maximum Gasteiger partial charge on any atom is 0.254 e. The normalized spacial score (nSPS) is 34.8. The first-order valence-electron chi connectivity index (χ1n) is 11.0. The molecule has 5 atom stereocenters. The molecule has 4 fully saturated rings. The molecule has 4 aliphatic rings. The summed E-state index contributed by atoms with van der Waals surface area (Å²) in [7, 11) is 0. The van der Waals surface area contributed by atoms with Crippen LogP contribution in [0.2, 0.25) is 0 Å². The molecule has 0 spiro atoms. The Kier molecular flexibility index (Phi) is 4.87. The van der Waals surface area contributed by atoms with Crippen LogP contribution in [0.25, 0.3) is 0 Å². The summed E-state index contributed by atoms with van der Waals surface area (Å²) >= 11 is 0. The molecule has 5 heteroatoms. The molecule has 1 saturated carbocycles. The average Bonchev–Trinajstić information content (AvgIpc) is 3.37. The van der Waals surface area contributed by atoms with Crippen LogP contribution in [0.5, 0.6) is 0 Å². The summed E-state index contributed by atoms with van der Waals surface area (Å²) in [5, 5.41) is 0. The zero-order chi connectivity index (χ0) is 19.1. The molecule has 3 saturated heterocycles. The molecule has 2 amide bonds. The van der Waals surface area contributed by atoms with Crippen molar-refractivity contribution in [2.24, 2.45) is 11.8 Å². The molecule has 5 nitrogen and oxygen atoms in total. The number of carbonyl (C=O) groups is 2. The minimum absolute atomic E-state index is 0.0347. The van der Waals surface area contributed by atoms with Crippen molar-refractivity contribution >= 4 is 11.8 Å². The van der Waals surface area contributed by atoms with Crippen LogP contribution in [-0.4, -0.2) is 59.5 Å². The number of hydrogen-bond acceptors (Lipinski definition) is 3. The van der Waals surface area contributed by atoms with Crippen LogP contribution < -0.4 is 0 Å². The number of carbonyl (C=O) groups excluding carboxylic acids is 2. The fourth-order valence-electron chi connectivity index (χ4n) is 5.99. The highest BCUT2D eigenvalue weighted by atomic mass is 16.5. The Labute approximate surface area is 167 Å². The number of fused-ring (bicyclic) bond motifs is 2. The Morgan fingerprint density at radius 1 is 0.964 bits per heavy atom. The summed E-state index contributed by atoms with van der Waals surface area (Å²) < 4.78 is 5.80. The van der Waals surface area contributed by atoms with E-state index >= 15 is 0 Å². The number of piperidine rings is 1. The predicted octanol–water partition coefficient (Wildman–Crippen LogP) is 3.10. The lowest BCUT2D eigenvalue weighted by atomic mass is 9.84. The first-order valence-corrected chi connectivity index (χ1v) is 11.0. The van der Waals surface area contributed by atoms with E-state index in [1.165, 1.54) is 6.42 Å². The molecule has 1 aliphatic carbocycles. The number of ether oxygens (including phenoxy) is 1. The highest BCUT2D eigenvalue weighted by Gasteiger charge is 2.49. The van der Waals surface area contributed by atoms with Crippen LogP contribution in [0.15, 0.2) is 30.3 Å². The molecule has 5 rings (SSSR count). The summed E-state index contributed by atoms with van der Waals surface area (Å²) in [5.41, 5.74) is 0.703. The highest BCUT2D eigenvalue weighted by molar-refractivity contribution is 5.98. The molecule has 3 aliphatic heterocycles. The summed E-state index contributed by atoms with van der Waals surface area (Å²) in [5.74, 6) is 1.15. The Bertz CT molecular complexity index is 737. The Hall–Kier alpha value is -1.88. The first kappa shape index (κ1) is 18.2. The fraction of sp³-hybridized carbons (Fsp3) is 0.652. The average molecular weight is 383 g/mol. The third-order valence-electron chi connectivity index (χ3n) is 7.42. The third-order valence-corrected chi connectivity index (χ3v) is 7.42. The van der Waals surface area contributed by atoms with Crippen molar-refractivity contribution in [3.05, 3.63) is 35.9 Å². The van der Waals surface area contributed by atoms with Crippen molar-refractivity contribution in [2.75, 3.05) is 19.7 Å². The van der Waals surface area contributed by atoms with E-state index in [1.54, 1.807) is 0 Å². The standard InChI is InChI=1S/C23H30N2O3/c26-22(16-6-2-1-3-7-16)25-19-9-5-4-8-17(19)14-20(25)23(27)24-12-10-21-18(15-24)11-13-28-21/h1-3,6-7,17-21H,4-5,8-15H2/t17-,18-,19-,20-,21+/m0/s1. The van der Waals surface area contributed by atoms with E-state index in [2.05, 4.69) is 0 Å². The molecule has 0 bridgehead atoms. The van der Waals surface area contributed by atoms with Crippen molar-refractivity contribution in [3.63, 3.8) is 0 Å². The van der Waals surface area contributed by atoms with Gasteiger partial charge in [0.25, 0.3) is 5.91 Å². The zero-order valence-electron chi connectivity index (χ0n) is 16.5. The van der Waals surface area contributed by atoms with Gasteiger partial charge in [-0.3, -0.25) is 9.59 Å².